The molecule has 2 amide bonds. The summed E-state index contributed by atoms with van der Waals surface area (Å²) in [6.07, 6.45) is 1.42. The Bertz CT molecular complexity index is 1090. The highest BCUT2D eigenvalue weighted by molar-refractivity contribution is 5.99. The van der Waals surface area contributed by atoms with Crippen LogP contribution in [-0.2, 0) is 4.74 Å². The fourth-order valence-corrected chi connectivity index (χ4v) is 2.73. The topological polar surface area (TPSA) is 102 Å². The van der Waals surface area contributed by atoms with E-state index < -0.39 is 23.6 Å². The molecule has 0 fully saturated rings. The van der Waals surface area contributed by atoms with Gasteiger partial charge in [0.05, 0.1) is 29.7 Å². The maximum atomic E-state index is 13.6. The third-order valence-corrected chi connectivity index (χ3v) is 4.29. The van der Waals surface area contributed by atoms with Gasteiger partial charge >= 0.3 is 5.97 Å². The van der Waals surface area contributed by atoms with E-state index in [9.17, 15) is 18.8 Å². The molecule has 154 valence electrons. The predicted octanol–water partition coefficient (Wildman–Crippen LogP) is 2.57. The molecule has 2 aromatic carbocycles. The van der Waals surface area contributed by atoms with Gasteiger partial charge in [0.15, 0.2) is 0 Å². The van der Waals surface area contributed by atoms with Gasteiger partial charge in [-0.25, -0.2) is 13.9 Å². The van der Waals surface area contributed by atoms with Crippen molar-refractivity contribution in [1.82, 2.24) is 20.6 Å². The number of halogens is 1. The highest BCUT2D eigenvalue weighted by Gasteiger charge is 2.17. The number of aromatic nitrogens is 2. The first-order valence-electron chi connectivity index (χ1n) is 9.09. The second kappa shape index (κ2) is 8.99. The zero-order valence-corrected chi connectivity index (χ0v) is 16.3. The van der Waals surface area contributed by atoms with E-state index in [-0.39, 0.29) is 17.7 Å². The number of esters is 1. The van der Waals surface area contributed by atoms with E-state index in [1.165, 1.54) is 36.5 Å². The van der Waals surface area contributed by atoms with E-state index in [1.54, 1.807) is 30.7 Å². The molecule has 0 bridgehead atoms. The molecule has 3 aromatic rings. The number of amides is 2. The maximum absolute atomic E-state index is 13.6. The van der Waals surface area contributed by atoms with Crippen molar-refractivity contribution in [1.29, 1.82) is 0 Å². The molecule has 0 aliphatic heterocycles. The first-order chi connectivity index (χ1) is 14.4. The Morgan fingerprint density at radius 2 is 1.67 bits per heavy atom. The van der Waals surface area contributed by atoms with Crippen molar-refractivity contribution in [3.05, 3.63) is 82.9 Å². The third-order valence-electron chi connectivity index (χ3n) is 4.29. The monoisotopic (exact) mass is 410 g/mol. The third kappa shape index (κ3) is 4.35. The minimum atomic E-state index is -0.767. The van der Waals surface area contributed by atoms with Gasteiger partial charge in [-0.2, -0.15) is 5.10 Å². The van der Waals surface area contributed by atoms with Crippen LogP contribution in [0.2, 0.25) is 0 Å². The van der Waals surface area contributed by atoms with Gasteiger partial charge in [0.1, 0.15) is 11.4 Å². The number of benzene rings is 2. The lowest BCUT2D eigenvalue weighted by atomic mass is 10.2. The molecule has 0 unspecified atom stereocenters. The molecule has 1 aromatic heterocycles. The summed E-state index contributed by atoms with van der Waals surface area (Å²) >= 11 is 0. The molecule has 9 heteroatoms. The van der Waals surface area contributed by atoms with Crippen LogP contribution >= 0.6 is 0 Å². The highest BCUT2D eigenvalue weighted by atomic mass is 19.1. The van der Waals surface area contributed by atoms with Gasteiger partial charge in [-0.05, 0) is 50.2 Å². The number of nitrogens with zero attached hydrogens (tertiary/aromatic N) is 2. The van der Waals surface area contributed by atoms with Gasteiger partial charge in [0, 0.05) is 5.56 Å². The molecule has 30 heavy (non-hydrogen) atoms. The van der Waals surface area contributed by atoms with Crippen molar-refractivity contribution in [2.45, 2.75) is 13.8 Å². The van der Waals surface area contributed by atoms with Crippen molar-refractivity contribution in [2.24, 2.45) is 0 Å². The normalized spacial score (nSPS) is 10.4. The number of carbonyl (C=O) groups is 3. The van der Waals surface area contributed by atoms with Crippen LogP contribution in [0, 0.1) is 12.7 Å². The van der Waals surface area contributed by atoms with Crippen LogP contribution in [0.15, 0.2) is 54.7 Å². The fraction of sp³-hybridized carbons (Fsp3) is 0.143. The minimum Gasteiger partial charge on any atom is -0.462 e. The lowest BCUT2D eigenvalue weighted by molar-refractivity contribution is 0.0525. The molecule has 0 saturated carbocycles. The van der Waals surface area contributed by atoms with Crippen LogP contribution in [0.1, 0.15) is 43.7 Å². The summed E-state index contributed by atoms with van der Waals surface area (Å²) in [5, 5.41) is 4.19. The van der Waals surface area contributed by atoms with Crippen LogP contribution < -0.4 is 10.9 Å². The summed E-state index contributed by atoms with van der Waals surface area (Å²) < 4.78 is 20.1. The van der Waals surface area contributed by atoms with Crippen LogP contribution in [0.5, 0.6) is 0 Å². The smallest absolute Gasteiger partial charge is 0.341 e. The van der Waals surface area contributed by atoms with Crippen molar-refractivity contribution in [2.75, 3.05) is 6.61 Å². The van der Waals surface area contributed by atoms with E-state index in [4.69, 9.17) is 4.74 Å². The molecular weight excluding hydrogens is 391 g/mol. The number of hydrogen-bond acceptors (Lipinski definition) is 5. The summed E-state index contributed by atoms with van der Waals surface area (Å²) in [7, 11) is 0. The van der Waals surface area contributed by atoms with Crippen LogP contribution in [0.3, 0.4) is 0 Å². The van der Waals surface area contributed by atoms with Gasteiger partial charge in [-0.15, -0.1) is 0 Å². The predicted molar refractivity (Wildman–Crippen MR) is 106 cm³/mol. The summed E-state index contributed by atoms with van der Waals surface area (Å²) in [5.41, 5.74) is 6.09. The SMILES string of the molecule is CCOC(=O)c1cnn(-c2ccc(C(=O)NNC(=O)c3ccccc3F)cc2)c1C. The largest absolute Gasteiger partial charge is 0.462 e. The van der Waals surface area contributed by atoms with Gasteiger partial charge in [-0.3, -0.25) is 20.4 Å². The van der Waals surface area contributed by atoms with Gasteiger partial charge < -0.3 is 4.74 Å². The van der Waals surface area contributed by atoms with Crippen LogP contribution in [0.25, 0.3) is 5.69 Å². The highest BCUT2D eigenvalue weighted by Crippen LogP contribution is 2.16. The quantitative estimate of drug-likeness (QED) is 0.497. The molecule has 0 radical (unpaired) electrons. The Kier molecular flexibility index (Phi) is 6.21. The molecule has 0 saturated heterocycles. The Morgan fingerprint density at radius 3 is 2.33 bits per heavy atom. The van der Waals surface area contributed by atoms with Crippen LogP contribution in [0.4, 0.5) is 4.39 Å². The summed E-state index contributed by atoms with van der Waals surface area (Å²) in [6, 6.07) is 11.8. The molecular formula is C21H19FN4O4. The van der Waals surface area contributed by atoms with E-state index in [2.05, 4.69) is 16.0 Å². The Morgan fingerprint density at radius 1 is 1.00 bits per heavy atom. The number of rotatable bonds is 5. The number of hydrazine groups is 1. The molecule has 8 nitrogen and oxygen atoms in total. The van der Waals surface area contributed by atoms with E-state index in [0.717, 1.165) is 6.07 Å². The van der Waals surface area contributed by atoms with E-state index >= 15 is 0 Å². The molecule has 0 spiro atoms. The van der Waals surface area contributed by atoms with Gasteiger partial charge in [-0.1, -0.05) is 12.1 Å². The zero-order valence-electron chi connectivity index (χ0n) is 16.3. The first kappa shape index (κ1) is 20.7. The Hall–Kier alpha value is -4.01. The Balaban J connectivity index is 1.67. The van der Waals surface area contributed by atoms with Crippen molar-refractivity contribution in [3.63, 3.8) is 0 Å². The second-order valence-corrected chi connectivity index (χ2v) is 6.21. The zero-order chi connectivity index (χ0) is 21.7. The first-order valence-corrected chi connectivity index (χ1v) is 9.09. The maximum Gasteiger partial charge on any atom is 0.341 e. The van der Waals surface area contributed by atoms with Crippen molar-refractivity contribution < 1.29 is 23.5 Å². The molecule has 2 N–H and O–H groups in total. The van der Waals surface area contributed by atoms with Crippen LogP contribution in [-0.4, -0.2) is 34.2 Å². The standard InChI is InChI=1S/C21H19FN4O4/c1-3-30-21(29)17-12-23-26(13(17)2)15-10-8-14(9-11-15)19(27)24-25-20(28)16-6-4-5-7-18(16)22/h4-12H,3H2,1-2H3,(H,24,27)(H,25,28). The van der Waals surface area contributed by atoms with Crippen molar-refractivity contribution in [3.8, 4) is 5.69 Å². The fourth-order valence-electron chi connectivity index (χ4n) is 2.73. The number of hydrogen-bond donors (Lipinski definition) is 2. The van der Waals surface area contributed by atoms with Gasteiger partial charge in [0.2, 0.25) is 0 Å². The summed E-state index contributed by atoms with van der Waals surface area (Å²) in [6.45, 7) is 3.72. The molecule has 0 atom stereocenters. The molecule has 1 heterocycles. The average molecular weight is 410 g/mol. The minimum absolute atomic E-state index is 0.181. The Labute approximate surface area is 171 Å². The molecule has 0 aliphatic carbocycles. The molecule has 0 aliphatic rings. The average Bonchev–Trinajstić information content (AvgIpc) is 3.14. The lowest BCUT2D eigenvalue weighted by Gasteiger charge is -2.09. The number of carbonyl (C=O) groups excluding carboxylic acids is 3. The van der Waals surface area contributed by atoms with Gasteiger partial charge in [0.25, 0.3) is 11.8 Å². The molecule has 3 rings (SSSR count). The summed E-state index contributed by atoms with van der Waals surface area (Å²) in [5.74, 6) is -2.49. The number of ether oxygens (including phenoxy) is 1. The van der Waals surface area contributed by atoms with E-state index in [1.807, 2.05) is 0 Å². The van der Waals surface area contributed by atoms with E-state index in [0.29, 0.717) is 16.9 Å². The number of nitrogens with one attached hydrogen (secondary N) is 2. The summed E-state index contributed by atoms with van der Waals surface area (Å²) in [4.78, 5) is 36.1. The lowest BCUT2D eigenvalue weighted by Crippen LogP contribution is -2.41. The van der Waals surface area contributed by atoms with Crippen molar-refractivity contribution >= 4 is 17.8 Å². The second-order valence-electron chi connectivity index (χ2n) is 6.21.